The van der Waals surface area contributed by atoms with Gasteiger partial charge in [0.25, 0.3) is 0 Å². The molecule has 0 bridgehead atoms. The summed E-state index contributed by atoms with van der Waals surface area (Å²) in [6.07, 6.45) is 5.83. The van der Waals surface area contributed by atoms with Crippen molar-refractivity contribution in [1.82, 2.24) is 20.1 Å². The van der Waals surface area contributed by atoms with Gasteiger partial charge in [-0.1, -0.05) is 0 Å². The number of morpholine rings is 1. The minimum Gasteiger partial charge on any atom is -0.490 e. The lowest BCUT2D eigenvalue weighted by Crippen LogP contribution is -2.52. The number of ether oxygens (including phenoxy) is 2. The second-order valence-electron chi connectivity index (χ2n) is 8.74. The second-order valence-corrected chi connectivity index (χ2v) is 8.74. The Kier molecular flexibility index (Phi) is 5.32. The van der Waals surface area contributed by atoms with Crippen LogP contribution in [0.15, 0.2) is 36.8 Å². The lowest BCUT2D eigenvalue weighted by molar-refractivity contribution is -0.106. The number of nitrogens with zero attached hydrogens (tertiary/aromatic N) is 3. The minimum absolute atomic E-state index is 0.0122. The van der Waals surface area contributed by atoms with Gasteiger partial charge in [0.1, 0.15) is 18.5 Å². The van der Waals surface area contributed by atoms with E-state index in [1.807, 2.05) is 23.1 Å². The lowest BCUT2D eigenvalue weighted by Gasteiger charge is -2.36. The molecule has 29 heavy (non-hydrogen) atoms. The van der Waals surface area contributed by atoms with Gasteiger partial charge in [0.05, 0.1) is 17.3 Å². The van der Waals surface area contributed by atoms with Crippen molar-refractivity contribution in [2.75, 3.05) is 19.7 Å². The molecular weight excluding hydrogens is 364 g/mol. The number of benzene rings is 1. The number of aryl methyl sites for hydroxylation is 1. The van der Waals surface area contributed by atoms with E-state index in [2.05, 4.69) is 68.3 Å². The Morgan fingerprint density at radius 2 is 2.14 bits per heavy atom. The molecule has 1 aliphatic heterocycles. The van der Waals surface area contributed by atoms with Crippen molar-refractivity contribution in [2.45, 2.75) is 52.4 Å². The van der Waals surface area contributed by atoms with Crippen LogP contribution >= 0.6 is 0 Å². The van der Waals surface area contributed by atoms with Crippen molar-refractivity contribution in [3.8, 4) is 16.9 Å². The number of rotatable bonds is 5. The molecule has 1 saturated heterocycles. The highest BCUT2D eigenvalue weighted by molar-refractivity contribution is 5.92. The fourth-order valence-electron chi connectivity index (χ4n) is 3.81. The molecule has 0 aliphatic carbocycles. The summed E-state index contributed by atoms with van der Waals surface area (Å²) < 4.78 is 14.4. The molecule has 154 valence electrons. The zero-order valence-electron chi connectivity index (χ0n) is 17.9. The molecule has 1 N–H and O–H groups in total. The van der Waals surface area contributed by atoms with Crippen LogP contribution in [0.3, 0.4) is 0 Å². The Labute approximate surface area is 172 Å². The normalized spacial score (nSPS) is 19.0. The largest absolute Gasteiger partial charge is 0.490 e. The highest BCUT2D eigenvalue weighted by Gasteiger charge is 2.28. The summed E-state index contributed by atoms with van der Waals surface area (Å²) in [5.41, 5.74) is 4.01. The van der Waals surface area contributed by atoms with E-state index >= 15 is 0 Å². The van der Waals surface area contributed by atoms with Crippen LogP contribution in [0.4, 0.5) is 0 Å². The maximum absolute atomic E-state index is 6.32. The van der Waals surface area contributed by atoms with Crippen LogP contribution in [-0.4, -0.2) is 46.2 Å². The van der Waals surface area contributed by atoms with Gasteiger partial charge in [-0.25, -0.2) is 0 Å². The first-order valence-electron chi connectivity index (χ1n) is 10.3. The van der Waals surface area contributed by atoms with Gasteiger partial charge in [-0.2, -0.15) is 5.10 Å². The first-order chi connectivity index (χ1) is 13.8. The lowest BCUT2D eigenvalue weighted by atomic mass is 10.0. The minimum atomic E-state index is -0.181. The molecule has 2 aromatic heterocycles. The Morgan fingerprint density at radius 3 is 2.86 bits per heavy atom. The average molecular weight is 395 g/mol. The van der Waals surface area contributed by atoms with Crippen molar-refractivity contribution in [3.05, 3.63) is 42.4 Å². The van der Waals surface area contributed by atoms with Crippen LogP contribution in [0.25, 0.3) is 22.0 Å². The quantitative estimate of drug-likeness (QED) is 0.705. The number of hydrogen-bond donors (Lipinski definition) is 1. The number of aromatic nitrogens is 3. The van der Waals surface area contributed by atoms with E-state index in [1.165, 1.54) is 0 Å². The fourth-order valence-corrected chi connectivity index (χ4v) is 3.81. The van der Waals surface area contributed by atoms with Gasteiger partial charge in [-0.15, -0.1) is 0 Å². The highest BCUT2D eigenvalue weighted by atomic mass is 16.5. The molecule has 0 saturated carbocycles. The maximum Gasteiger partial charge on any atom is 0.129 e. The number of fused-ring (bicyclic) bond motifs is 1. The zero-order chi connectivity index (χ0) is 20.6. The van der Waals surface area contributed by atoms with E-state index < -0.39 is 0 Å². The van der Waals surface area contributed by atoms with Crippen LogP contribution in [-0.2, 0) is 4.74 Å². The van der Waals surface area contributed by atoms with Gasteiger partial charge in [0.15, 0.2) is 0 Å². The first-order valence-corrected chi connectivity index (χ1v) is 10.3. The van der Waals surface area contributed by atoms with E-state index in [4.69, 9.17) is 9.47 Å². The smallest absolute Gasteiger partial charge is 0.129 e. The summed E-state index contributed by atoms with van der Waals surface area (Å²) in [6.45, 7) is 12.7. The third-order valence-corrected chi connectivity index (χ3v) is 5.31. The summed E-state index contributed by atoms with van der Waals surface area (Å²) in [6, 6.07) is 6.55. The Balaban J connectivity index is 1.67. The third kappa shape index (κ3) is 4.28. The SMILES string of the molecule is Cc1ccnc2cc(-c3cnn(C(C)C)c3)cc(OCC3CNCC(C)(C)O3)c12. The molecule has 1 fully saturated rings. The highest BCUT2D eigenvalue weighted by Crippen LogP contribution is 2.34. The molecule has 3 aromatic rings. The molecule has 0 spiro atoms. The van der Waals surface area contributed by atoms with Crippen molar-refractivity contribution in [2.24, 2.45) is 0 Å². The monoisotopic (exact) mass is 394 g/mol. The molecule has 6 heteroatoms. The fraction of sp³-hybridized carbons (Fsp3) is 0.478. The summed E-state index contributed by atoms with van der Waals surface area (Å²) in [4.78, 5) is 4.60. The summed E-state index contributed by atoms with van der Waals surface area (Å²) >= 11 is 0. The summed E-state index contributed by atoms with van der Waals surface area (Å²) in [5.74, 6) is 0.840. The number of pyridine rings is 1. The molecule has 0 amide bonds. The predicted octanol–water partition coefficient (Wildman–Crippen LogP) is 4.13. The van der Waals surface area contributed by atoms with Gasteiger partial charge in [-0.05, 0) is 63.9 Å². The van der Waals surface area contributed by atoms with Crippen molar-refractivity contribution in [1.29, 1.82) is 0 Å². The summed E-state index contributed by atoms with van der Waals surface area (Å²) in [5, 5.41) is 8.97. The van der Waals surface area contributed by atoms with Crippen LogP contribution in [0.5, 0.6) is 5.75 Å². The molecule has 1 aromatic carbocycles. The molecule has 6 nitrogen and oxygen atoms in total. The molecule has 1 atom stereocenters. The van der Waals surface area contributed by atoms with E-state index in [0.29, 0.717) is 12.6 Å². The molecule has 0 radical (unpaired) electrons. The van der Waals surface area contributed by atoms with Gasteiger partial charge in [-0.3, -0.25) is 9.67 Å². The van der Waals surface area contributed by atoms with E-state index in [-0.39, 0.29) is 11.7 Å². The Bertz CT molecular complexity index is 1010. The van der Waals surface area contributed by atoms with E-state index in [1.54, 1.807) is 0 Å². The second kappa shape index (κ2) is 7.76. The van der Waals surface area contributed by atoms with Crippen LogP contribution in [0, 0.1) is 6.92 Å². The van der Waals surface area contributed by atoms with Crippen molar-refractivity contribution >= 4 is 10.9 Å². The first kappa shape index (κ1) is 19.9. The zero-order valence-corrected chi connectivity index (χ0v) is 17.9. The standard InChI is InChI=1S/C23H30N4O2/c1-15(2)27-12-18(10-26-27)17-8-20-22(16(3)6-7-25-20)21(9-17)28-13-19-11-24-14-23(4,5)29-19/h6-10,12,15,19,24H,11,13-14H2,1-5H3. The van der Waals surface area contributed by atoms with Crippen LogP contribution < -0.4 is 10.1 Å². The average Bonchev–Trinajstić information content (AvgIpc) is 3.16. The van der Waals surface area contributed by atoms with E-state index in [0.717, 1.165) is 46.4 Å². The van der Waals surface area contributed by atoms with E-state index in [9.17, 15) is 0 Å². The molecule has 1 aliphatic rings. The molecule has 1 unspecified atom stereocenters. The Hall–Kier alpha value is -2.44. The number of nitrogens with one attached hydrogen (secondary N) is 1. The predicted molar refractivity (Wildman–Crippen MR) is 115 cm³/mol. The van der Waals surface area contributed by atoms with Gasteiger partial charge < -0.3 is 14.8 Å². The maximum atomic E-state index is 6.32. The van der Waals surface area contributed by atoms with Crippen LogP contribution in [0.1, 0.15) is 39.3 Å². The molecular formula is C23H30N4O2. The van der Waals surface area contributed by atoms with Gasteiger partial charge >= 0.3 is 0 Å². The molecule has 3 heterocycles. The van der Waals surface area contributed by atoms with Crippen molar-refractivity contribution < 1.29 is 9.47 Å². The topological polar surface area (TPSA) is 61.2 Å². The van der Waals surface area contributed by atoms with Gasteiger partial charge in [0.2, 0.25) is 0 Å². The van der Waals surface area contributed by atoms with Crippen LogP contribution in [0.2, 0.25) is 0 Å². The van der Waals surface area contributed by atoms with Crippen molar-refractivity contribution in [3.63, 3.8) is 0 Å². The molecule has 4 rings (SSSR count). The van der Waals surface area contributed by atoms with Gasteiger partial charge in [0, 0.05) is 42.5 Å². The summed E-state index contributed by atoms with van der Waals surface area (Å²) in [7, 11) is 0. The Morgan fingerprint density at radius 1 is 1.31 bits per heavy atom. The number of hydrogen-bond acceptors (Lipinski definition) is 5. The third-order valence-electron chi connectivity index (χ3n) is 5.31.